The Labute approximate surface area is 107 Å². The SMILES string of the molecule is CC(C)NC(=O)CNC(=O)CNc1ccccc1. The average molecular weight is 249 g/mol. The van der Waals surface area contributed by atoms with E-state index >= 15 is 0 Å². The molecule has 0 spiro atoms. The lowest BCUT2D eigenvalue weighted by Crippen LogP contribution is -2.41. The molecule has 0 aliphatic carbocycles. The minimum atomic E-state index is -0.210. The van der Waals surface area contributed by atoms with Gasteiger partial charge in [0.15, 0.2) is 0 Å². The Balaban J connectivity index is 2.20. The van der Waals surface area contributed by atoms with E-state index < -0.39 is 0 Å². The van der Waals surface area contributed by atoms with Gasteiger partial charge in [0.05, 0.1) is 13.1 Å². The summed E-state index contributed by atoms with van der Waals surface area (Å²) in [5, 5.41) is 8.21. The lowest BCUT2D eigenvalue weighted by molar-refractivity contribution is -0.125. The molecule has 0 aromatic heterocycles. The predicted molar refractivity (Wildman–Crippen MR) is 71.2 cm³/mol. The molecule has 2 amide bonds. The van der Waals surface area contributed by atoms with E-state index in [-0.39, 0.29) is 30.9 Å². The number of benzene rings is 1. The topological polar surface area (TPSA) is 70.2 Å². The minimum absolute atomic E-state index is 0.00742. The van der Waals surface area contributed by atoms with Crippen molar-refractivity contribution < 1.29 is 9.59 Å². The molecule has 0 bridgehead atoms. The summed E-state index contributed by atoms with van der Waals surface area (Å²) in [6.45, 7) is 3.90. The van der Waals surface area contributed by atoms with Gasteiger partial charge in [0.2, 0.25) is 11.8 Å². The Bertz CT molecular complexity index is 390. The molecular weight excluding hydrogens is 230 g/mol. The Morgan fingerprint density at radius 1 is 1.06 bits per heavy atom. The monoisotopic (exact) mass is 249 g/mol. The lowest BCUT2D eigenvalue weighted by atomic mass is 10.3. The third-order valence-electron chi connectivity index (χ3n) is 2.12. The fraction of sp³-hybridized carbons (Fsp3) is 0.385. The highest BCUT2D eigenvalue weighted by Gasteiger charge is 2.05. The Morgan fingerprint density at radius 3 is 2.33 bits per heavy atom. The molecule has 5 heteroatoms. The molecule has 3 N–H and O–H groups in total. The first-order valence-electron chi connectivity index (χ1n) is 5.93. The normalized spacial score (nSPS) is 9.94. The molecule has 1 rings (SSSR count). The van der Waals surface area contributed by atoms with Gasteiger partial charge in [0.25, 0.3) is 0 Å². The Hall–Kier alpha value is -2.04. The molecule has 0 saturated carbocycles. The summed E-state index contributed by atoms with van der Waals surface area (Å²) in [5.41, 5.74) is 0.874. The van der Waals surface area contributed by atoms with Crippen LogP contribution in [0.15, 0.2) is 30.3 Å². The summed E-state index contributed by atoms with van der Waals surface area (Å²) in [6, 6.07) is 9.50. The first-order valence-corrected chi connectivity index (χ1v) is 5.93. The number of hydrogen-bond donors (Lipinski definition) is 3. The summed E-state index contributed by atoms with van der Waals surface area (Å²) in [7, 11) is 0. The minimum Gasteiger partial charge on any atom is -0.376 e. The summed E-state index contributed by atoms with van der Waals surface area (Å²) in [5.74, 6) is -0.393. The lowest BCUT2D eigenvalue weighted by Gasteiger charge is -2.10. The second kappa shape index (κ2) is 7.32. The Morgan fingerprint density at radius 2 is 1.72 bits per heavy atom. The summed E-state index contributed by atoms with van der Waals surface area (Å²) >= 11 is 0. The fourth-order valence-electron chi connectivity index (χ4n) is 1.35. The van der Waals surface area contributed by atoms with Crippen molar-refractivity contribution in [1.82, 2.24) is 10.6 Å². The highest BCUT2D eigenvalue weighted by atomic mass is 16.2. The van der Waals surface area contributed by atoms with Crippen molar-refractivity contribution in [3.05, 3.63) is 30.3 Å². The summed E-state index contributed by atoms with van der Waals surface area (Å²) < 4.78 is 0. The smallest absolute Gasteiger partial charge is 0.239 e. The summed E-state index contributed by atoms with van der Waals surface area (Å²) in [4.78, 5) is 22.7. The van der Waals surface area contributed by atoms with Gasteiger partial charge in [0.1, 0.15) is 0 Å². The van der Waals surface area contributed by atoms with E-state index in [0.717, 1.165) is 5.69 Å². The molecule has 0 aliphatic heterocycles. The molecule has 0 heterocycles. The van der Waals surface area contributed by atoms with Crippen molar-refractivity contribution in [2.24, 2.45) is 0 Å². The van der Waals surface area contributed by atoms with Gasteiger partial charge in [-0.05, 0) is 26.0 Å². The molecule has 5 nitrogen and oxygen atoms in total. The highest BCUT2D eigenvalue weighted by molar-refractivity contribution is 5.86. The quantitative estimate of drug-likeness (QED) is 0.696. The zero-order valence-electron chi connectivity index (χ0n) is 10.7. The molecule has 18 heavy (non-hydrogen) atoms. The third-order valence-corrected chi connectivity index (χ3v) is 2.12. The Kier molecular flexibility index (Phi) is 5.70. The van der Waals surface area contributed by atoms with E-state index in [1.54, 1.807) is 0 Å². The second-order valence-corrected chi connectivity index (χ2v) is 4.22. The number of rotatable bonds is 6. The number of anilines is 1. The van der Waals surface area contributed by atoms with Gasteiger partial charge in [-0.15, -0.1) is 0 Å². The molecule has 0 radical (unpaired) electrons. The molecule has 0 atom stereocenters. The largest absolute Gasteiger partial charge is 0.376 e. The van der Waals surface area contributed by atoms with E-state index in [9.17, 15) is 9.59 Å². The number of hydrogen-bond acceptors (Lipinski definition) is 3. The molecule has 0 fully saturated rings. The van der Waals surface area contributed by atoms with Gasteiger partial charge in [-0.3, -0.25) is 9.59 Å². The van der Waals surface area contributed by atoms with E-state index in [2.05, 4.69) is 16.0 Å². The molecule has 0 aliphatic rings. The second-order valence-electron chi connectivity index (χ2n) is 4.22. The van der Waals surface area contributed by atoms with Crippen LogP contribution in [0.3, 0.4) is 0 Å². The maximum Gasteiger partial charge on any atom is 0.239 e. The molecule has 0 unspecified atom stereocenters. The standard InChI is InChI=1S/C13H19N3O2/c1-10(2)16-13(18)9-15-12(17)8-14-11-6-4-3-5-7-11/h3-7,10,14H,8-9H2,1-2H3,(H,15,17)(H,16,18). The molecule has 1 aromatic carbocycles. The van der Waals surface area contributed by atoms with Crippen LogP contribution in [0.1, 0.15) is 13.8 Å². The van der Waals surface area contributed by atoms with E-state index in [1.807, 2.05) is 44.2 Å². The van der Waals surface area contributed by atoms with E-state index in [4.69, 9.17) is 0 Å². The third kappa shape index (κ3) is 5.89. The van der Waals surface area contributed by atoms with E-state index in [1.165, 1.54) is 0 Å². The average Bonchev–Trinajstić information content (AvgIpc) is 2.34. The first kappa shape index (κ1) is 14.0. The first-order chi connectivity index (χ1) is 8.58. The van der Waals surface area contributed by atoms with Crippen LogP contribution >= 0.6 is 0 Å². The molecular formula is C13H19N3O2. The van der Waals surface area contributed by atoms with Crippen molar-refractivity contribution in [1.29, 1.82) is 0 Å². The van der Waals surface area contributed by atoms with Crippen LogP contribution in [0.25, 0.3) is 0 Å². The van der Waals surface area contributed by atoms with Gasteiger partial charge >= 0.3 is 0 Å². The van der Waals surface area contributed by atoms with Crippen molar-refractivity contribution in [2.75, 3.05) is 18.4 Å². The number of amides is 2. The van der Waals surface area contributed by atoms with Crippen molar-refractivity contribution >= 4 is 17.5 Å². The van der Waals surface area contributed by atoms with Gasteiger partial charge in [-0.2, -0.15) is 0 Å². The zero-order chi connectivity index (χ0) is 13.4. The molecule has 98 valence electrons. The van der Waals surface area contributed by atoms with Gasteiger partial charge in [0, 0.05) is 11.7 Å². The van der Waals surface area contributed by atoms with Crippen LogP contribution in [0.2, 0.25) is 0 Å². The van der Waals surface area contributed by atoms with Crippen LogP contribution in [-0.4, -0.2) is 30.9 Å². The maximum absolute atomic E-state index is 11.5. The van der Waals surface area contributed by atoms with Crippen LogP contribution in [0.5, 0.6) is 0 Å². The van der Waals surface area contributed by atoms with Gasteiger partial charge in [-0.1, -0.05) is 18.2 Å². The summed E-state index contributed by atoms with van der Waals surface area (Å²) in [6.07, 6.45) is 0. The van der Waals surface area contributed by atoms with Crippen molar-refractivity contribution in [3.8, 4) is 0 Å². The van der Waals surface area contributed by atoms with Gasteiger partial charge < -0.3 is 16.0 Å². The highest BCUT2D eigenvalue weighted by Crippen LogP contribution is 2.03. The van der Waals surface area contributed by atoms with Crippen LogP contribution < -0.4 is 16.0 Å². The van der Waals surface area contributed by atoms with Crippen molar-refractivity contribution in [3.63, 3.8) is 0 Å². The van der Waals surface area contributed by atoms with Gasteiger partial charge in [-0.25, -0.2) is 0 Å². The van der Waals surface area contributed by atoms with Crippen LogP contribution in [0.4, 0.5) is 5.69 Å². The predicted octanol–water partition coefficient (Wildman–Crippen LogP) is 0.739. The van der Waals surface area contributed by atoms with Crippen LogP contribution in [0, 0.1) is 0 Å². The van der Waals surface area contributed by atoms with Crippen LogP contribution in [-0.2, 0) is 9.59 Å². The number of para-hydroxylation sites is 1. The van der Waals surface area contributed by atoms with E-state index in [0.29, 0.717) is 0 Å². The number of nitrogens with one attached hydrogen (secondary N) is 3. The van der Waals surface area contributed by atoms with Crippen molar-refractivity contribution in [2.45, 2.75) is 19.9 Å². The number of carbonyl (C=O) groups excluding carboxylic acids is 2. The maximum atomic E-state index is 11.5. The number of carbonyl (C=O) groups is 2. The molecule has 1 aromatic rings. The zero-order valence-corrected chi connectivity index (χ0v) is 10.7. The molecule has 0 saturated heterocycles. The fourth-order valence-corrected chi connectivity index (χ4v) is 1.35.